The van der Waals surface area contributed by atoms with Crippen LogP contribution in [0, 0.1) is 17.6 Å². The van der Waals surface area contributed by atoms with Crippen molar-refractivity contribution < 1.29 is 18.1 Å². The first-order valence-corrected chi connectivity index (χ1v) is 7.86. The van der Waals surface area contributed by atoms with Crippen molar-refractivity contribution in [1.82, 2.24) is 0 Å². The molecule has 2 rings (SSSR count). The second-order valence-electron chi connectivity index (χ2n) is 5.70. The van der Waals surface area contributed by atoms with Crippen molar-refractivity contribution in [1.29, 1.82) is 0 Å². The lowest BCUT2D eigenvalue weighted by atomic mass is 9.76. The summed E-state index contributed by atoms with van der Waals surface area (Å²) in [6.07, 6.45) is 4.74. The third-order valence-corrected chi connectivity index (χ3v) is 3.99. The average molecular weight is 296 g/mol. The van der Waals surface area contributed by atoms with Crippen molar-refractivity contribution >= 4 is 12.6 Å². The number of unbranched alkanes of at least 4 members (excludes halogenated alkanes) is 2. The first-order chi connectivity index (χ1) is 10.2. The number of halogens is 2. The number of hydrogen-bond donors (Lipinski definition) is 0. The standard InChI is InChI=1S/C16H23BF2O2/c1-3-5-6-7-13-8-14(18)16(15(19)9-13)17-20-10-12(4-2)11-21-17/h8-9,12H,3-7,10-11H2,1-2H3. The van der Waals surface area contributed by atoms with Crippen LogP contribution in [0.15, 0.2) is 12.1 Å². The van der Waals surface area contributed by atoms with Crippen LogP contribution in [-0.2, 0) is 15.7 Å². The van der Waals surface area contributed by atoms with Gasteiger partial charge in [0.1, 0.15) is 11.6 Å². The molecule has 0 bridgehead atoms. The van der Waals surface area contributed by atoms with Crippen LogP contribution >= 0.6 is 0 Å². The van der Waals surface area contributed by atoms with Crippen LogP contribution in [0.3, 0.4) is 0 Å². The molecule has 0 aromatic heterocycles. The third-order valence-electron chi connectivity index (χ3n) is 3.99. The highest BCUT2D eigenvalue weighted by atomic mass is 19.1. The maximum atomic E-state index is 14.2. The molecular weight excluding hydrogens is 273 g/mol. The Morgan fingerprint density at radius 3 is 2.24 bits per heavy atom. The topological polar surface area (TPSA) is 18.5 Å². The Labute approximate surface area is 126 Å². The summed E-state index contributed by atoms with van der Waals surface area (Å²) in [6, 6.07) is 2.82. The van der Waals surface area contributed by atoms with E-state index >= 15 is 0 Å². The summed E-state index contributed by atoms with van der Waals surface area (Å²) in [5.74, 6) is -0.830. The molecule has 1 aromatic rings. The van der Waals surface area contributed by atoms with E-state index in [9.17, 15) is 8.78 Å². The van der Waals surface area contributed by atoms with E-state index in [0.29, 0.717) is 31.1 Å². The second-order valence-corrected chi connectivity index (χ2v) is 5.70. The van der Waals surface area contributed by atoms with Gasteiger partial charge in [-0.3, -0.25) is 0 Å². The smallest absolute Gasteiger partial charge is 0.407 e. The molecule has 5 heteroatoms. The van der Waals surface area contributed by atoms with Crippen LogP contribution in [0.4, 0.5) is 8.78 Å². The van der Waals surface area contributed by atoms with Crippen molar-refractivity contribution in [3.63, 3.8) is 0 Å². The van der Waals surface area contributed by atoms with Gasteiger partial charge in [-0.15, -0.1) is 0 Å². The molecule has 1 aliphatic heterocycles. The number of benzene rings is 1. The summed E-state index contributed by atoms with van der Waals surface area (Å²) in [5, 5.41) is 0. The van der Waals surface area contributed by atoms with E-state index in [0.717, 1.165) is 25.7 Å². The van der Waals surface area contributed by atoms with Crippen LogP contribution < -0.4 is 5.46 Å². The van der Waals surface area contributed by atoms with E-state index in [4.69, 9.17) is 9.31 Å². The van der Waals surface area contributed by atoms with E-state index in [-0.39, 0.29) is 5.46 Å². The maximum Gasteiger partial charge on any atom is 0.499 e. The van der Waals surface area contributed by atoms with Gasteiger partial charge in [0, 0.05) is 19.1 Å². The number of hydrogen-bond acceptors (Lipinski definition) is 2. The van der Waals surface area contributed by atoms with Gasteiger partial charge in [0.15, 0.2) is 0 Å². The summed E-state index contributed by atoms with van der Waals surface area (Å²) in [5.41, 5.74) is 0.605. The predicted molar refractivity (Wildman–Crippen MR) is 80.7 cm³/mol. The minimum atomic E-state index is -0.919. The van der Waals surface area contributed by atoms with Crippen molar-refractivity contribution in [2.24, 2.45) is 5.92 Å². The SMILES string of the molecule is CCCCCc1cc(F)c(B2OCC(CC)CO2)c(F)c1. The van der Waals surface area contributed by atoms with E-state index in [1.165, 1.54) is 12.1 Å². The molecule has 0 N–H and O–H groups in total. The van der Waals surface area contributed by atoms with E-state index in [1.807, 2.05) is 6.92 Å². The molecule has 0 atom stereocenters. The van der Waals surface area contributed by atoms with E-state index in [2.05, 4.69) is 6.92 Å². The minimum Gasteiger partial charge on any atom is -0.407 e. The molecule has 1 aromatic carbocycles. The number of aryl methyl sites for hydroxylation is 1. The molecule has 0 saturated carbocycles. The largest absolute Gasteiger partial charge is 0.499 e. The van der Waals surface area contributed by atoms with Crippen LogP contribution in [0.2, 0.25) is 0 Å². The van der Waals surface area contributed by atoms with Gasteiger partial charge >= 0.3 is 7.12 Å². The van der Waals surface area contributed by atoms with E-state index in [1.54, 1.807) is 0 Å². The van der Waals surface area contributed by atoms with Crippen molar-refractivity contribution in [2.45, 2.75) is 46.0 Å². The van der Waals surface area contributed by atoms with Crippen molar-refractivity contribution in [3.05, 3.63) is 29.3 Å². The highest BCUT2D eigenvalue weighted by Crippen LogP contribution is 2.16. The lowest BCUT2D eigenvalue weighted by Crippen LogP contribution is -2.47. The molecule has 0 unspecified atom stereocenters. The molecule has 1 aliphatic rings. The quantitative estimate of drug-likeness (QED) is 0.591. The van der Waals surface area contributed by atoms with Crippen LogP contribution in [0.1, 0.15) is 45.1 Å². The fourth-order valence-electron chi connectivity index (χ4n) is 2.53. The van der Waals surface area contributed by atoms with Gasteiger partial charge in [-0.1, -0.05) is 26.7 Å². The molecular formula is C16H23BF2O2. The highest BCUT2D eigenvalue weighted by Gasteiger charge is 2.33. The normalized spacial score (nSPS) is 16.5. The monoisotopic (exact) mass is 296 g/mol. The summed E-state index contributed by atoms with van der Waals surface area (Å²) in [4.78, 5) is 0. The molecule has 21 heavy (non-hydrogen) atoms. The fraction of sp³-hybridized carbons (Fsp3) is 0.625. The molecule has 1 heterocycles. The van der Waals surface area contributed by atoms with Crippen molar-refractivity contribution in [3.8, 4) is 0 Å². The molecule has 1 fully saturated rings. The molecule has 0 amide bonds. The first-order valence-electron chi connectivity index (χ1n) is 7.86. The lowest BCUT2D eigenvalue weighted by Gasteiger charge is -2.27. The Hall–Kier alpha value is -0.935. The second kappa shape index (κ2) is 7.90. The average Bonchev–Trinajstić information content (AvgIpc) is 2.47. The van der Waals surface area contributed by atoms with Gasteiger partial charge in [0.2, 0.25) is 0 Å². The fourth-order valence-corrected chi connectivity index (χ4v) is 2.53. The van der Waals surface area contributed by atoms with Crippen LogP contribution in [-0.4, -0.2) is 20.3 Å². The zero-order valence-electron chi connectivity index (χ0n) is 12.8. The molecule has 1 saturated heterocycles. The minimum absolute atomic E-state index is 0.0937. The third kappa shape index (κ3) is 4.27. The van der Waals surface area contributed by atoms with Gasteiger partial charge in [0.25, 0.3) is 0 Å². The van der Waals surface area contributed by atoms with Crippen molar-refractivity contribution in [2.75, 3.05) is 13.2 Å². The maximum absolute atomic E-state index is 14.2. The Morgan fingerprint density at radius 2 is 1.71 bits per heavy atom. The summed E-state index contributed by atoms with van der Waals surface area (Å²) in [7, 11) is -0.919. The number of rotatable bonds is 6. The summed E-state index contributed by atoms with van der Waals surface area (Å²) >= 11 is 0. The highest BCUT2D eigenvalue weighted by molar-refractivity contribution is 6.61. The molecule has 116 valence electrons. The Balaban J connectivity index is 2.06. The first kappa shape index (κ1) is 16.4. The zero-order valence-corrected chi connectivity index (χ0v) is 12.8. The summed E-state index contributed by atoms with van der Waals surface area (Å²) in [6.45, 7) is 5.12. The molecule has 0 spiro atoms. The van der Waals surface area contributed by atoms with Gasteiger partial charge in [-0.25, -0.2) is 8.78 Å². The zero-order chi connectivity index (χ0) is 15.2. The van der Waals surface area contributed by atoms with Gasteiger partial charge < -0.3 is 9.31 Å². The molecule has 0 aliphatic carbocycles. The molecule has 2 nitrogen and oxygen atoms in total. The summed E-state index contributed by atoms with van der Waals surface area (Å²) < 4.78 is 39.3. The Morgan fingerprint density at radius 1 is 1.10 bits per heavy atom. The van der Waals surface area contributed by atoms with Gasteiger partial charge in [-0.05, 0) is 37.0 Å². The van der Waals surface area contributed by atoms with Crippen LogP contribution in [0.5, 0.6) is 0 Å². The van der Waals surface area contributed by atoms with Crippen LogP contribution in [0.25, 0.3) is 0 Å². The van der Waals surface area contributed by atoms with Gasteiger partial charge in [0.05, 0.1) is 5.46 Å². The predicted octanol–water partition coefficient (Wildman–Crippen LogP) is 3.47. The van der Waals surface area contributed by atoms with E-state index < -0.39 is 18.8 Å². The van der Waals surface area contributed by atoms with Gasteiger partial charge in [-0.2, -0.15) is 0 Å². The molecule has 0 radical (unpaired) electrons. The Kier molecular flexibility index (Phi) is 6.18. The Bertz CT molecular complexity index is 437. The lowest BCUT2D eigenvalue weighted by molar-refractivity contribution is 0.0842.